The van der Waals surface area contributed by atoms with Crippen LogP contribution in [0.5, 0.6) is 11.5 Å². The fourth-order valence-electron chi connectivity index (χ4n) is 5.61. The number of hydrogen-bond donors (Lipinski definition) is 3. The maximum atomic E-state index is 13.7. The van der Waals surface area contributed by atoms with Gasteiger partial charge in [-0.3, -0.25) is 9.59 Å². The number of benzene rings is 2. The van der Waals surface area contributed by atoms with Crippen LogP contribution in [0.4, 0.5) is 8.78 Å². The SMILES string of the molecule is O=C(COc1ccc(Cl)c(F)c1)NC12CCC(NC(=O)COc3ccc(Cl)c(F)c3)(CC1)C(NC1COC1)C2. The Morgan fingerprint density at radius 1 is 0.872 bits per heavy atom. The molecule has 0 aromatic heterocycles. The van der Waals surface area contributed by atoms with E-state index in [1.807, 2.05) is 0 Å². The van der Waals surface area contributed by atoms with Crippen LogP contribution < -0.4 is 25.4 Å². The van der Waals surface area contributed by atoms with E-state index in [9.17, 15) is 18.4 Å². The Morgan fingerprint density at radius 3 is 1.90 bits per heavy atom. The molecule has 8 nitrogen and oxygen atoms in total. The summed E-state index contributed by atoms with van der Waals surface area (Å²) in [7, 11) is 0. The second kappa shape index (κ2) is 11.4. The minimum Gasteiger partial charge on any atom is -0.484 e. The van der Waals surface area contributed by atoms with Crippen molar-refractivity contribution in [2.45, 2.75) is 55.3 Å². The molecule has 2 aromatic rings. The molecule has 1 atom stereocenters. The Labute approximate surface area is 234 Å². The van der Waals surface area contributed by atoms with Gasteiger partial charge >= 0.3 is 0 Å². The summed E-state index contributed by atoms with van der Waals surface area (Å²) in [6.07, 6.45) is 3.22. The van der Waals surface area contributed by atoms with Gasteiger partial charge in [0.25, 0.3) is 11.8 Å². The summed E-state index contributed by atoms with van der Waals surface area (Å²) in [4.78, 5) is 25.7. The molecule has 0 spiro atoms. The maximum absolute atomic E-state index is 13.7. The van der Waals surface area contributed by atoms with E-state index in [1.165, 1.54) is 24.3 Å². The topological polar surface area (TPSA) is 97.9 Å². The number of halogens is 4. The van der Waals surface area contributed by atoms with E-state index in [0.717, 1.165) is 12.1 Å². The van der Waals surface area contributed by atoms with Crippen LogP contribution in [0, 0.1) is 11.6 Å². The smallest absolute Gasteiger partial charge is 0.258 e. The number of rotatable bonds is 10. The molecule has 0 radical (unpaired) electrons. The van der Waals surface area contributed by atoms with E-state index in [-0.39, 0.29) is 58.7 Å². The highest BCUT2D eigenvalue weighted by molar-refractivity contribution is 6.31. The summed E-state index contributed by atoms with van der Waals surface area (Å²) < 4.78 is 43.7. The molecule has 1 saturated heterocycles. The Bertz CT molecular complexity index is 1240. The predicted molar refractivity (Wildman–Crippen MR) is 140 cm³/mol. The number of hydrogen-bond acceptors (Lipinski definition) is 6. The van der Waals surface area contributed by atoms with Crippen molar-refractivity contribution in [1.82, 2.24) is 16.0 Å². The first-order chi connectivity index (χ1) is 18.7. The van der Waals surface area contributed by atoms with Gasteiger partial charge in [0.05, 0.1) is 34.8 Å². The van der Waals surface area contributed by atoms with Gasteiger partial charge in [-0.05, 0) is 56.4 Å². The summed E-state index contributed by atoms with van der Waals surface area (Å²) in [6, 6.07) is 8.08. The van der Waals surface area contributed by atoms with Crippen LogP contribution in [-0.4, -0.2) is 61.4 Å². The summed E-state index contributed by atoms with van der Waals surface area (Å²) in [5, 5.41) is 9.88. The predicted octanol–water partition coefficient (Wildman–Crippen LogP) is 3.77. The van der Waals surface area contributed by atoms with Gasteiger partial charge in [-0.1, -0.05) is 23.2 Å². The molecule has 6 rings (SSSR count). The van der Waals surface area contributed by atoms with E-state index < -0.39 is 22.7 Å². The molecule has 1 aliphatic heterocycles. The van der Waals surface area contributed by atoms with Crippen molar-refractivity contribution >= 4 is 35.0 Å². The number of ether oxygens (including phenoxy) is 3. The van der Waals surface area contributed by atoms with Crippen molar-refractivity contribution in [2.24, 2.45) is 0 Å². The average molecular weight is 584 g/mol. The van der Waals surface area contributed by atoms with E-state index in [1.54, 1.807) is 0 Å². The van der Waals surface area contributed by atoms with Gasteiger partial charge in [-0.15, -0.1) is 0 Å². The van der Waals surface area contributed by atoms with Crippen LogP contribution >= 0.6 is 23.2 Å². The largest absolute Gasteiger partial charge is 0.484 e. The lowest BCUT2D eigenvalue weighted by molar-refractivity contribution is -0.132. The quantitative estimate of drug-likeness (QED) is 0.394. The van der Waals surface area contributed by atoms with Crippen LogP contribution in [0.3, 0.4) is 0 Å². The Balaban J connectivity index is 1.20. The van der Waals surface area contributed by atoms with Gasteiger partial charge < -0.3 is 30.2 Å². The molecule has 12 heteroatoms. The summed E-state index contributed by atoms with van der Waals surface area (Å²) in [6.45, 7) is 0.627. The minimum atomic E-state index is -0.621. The Hall–Kier alpha value is -2.66. The van der Waals surface area contributed by atoms with Crippen LogP contribution in [0.15, 0.2) is 36.4 Å². The standard InChI is InChI=1S/C27H29Cl2F2N3O5/c28-19-3-1-17(9-21(19)30)38-14-24(35)33-26-5-7-27(8-6-26,23(11-26)32-16-12-37-13-16)34-25(36)15-39-18-2-4-20(29)22(31)10-18/h1-4,9-10,16,23,32H,5-8,11-15H2,(H,33,35)(H,34,36). The van der Waals surface area contributed by atoms with Gasteiger partial charge in [-0.2, -0.15) is 0 Å². The molecule has 4 fully saturated rings. The summed E-state index contributed by atoms with van der Waals surface area (Å²) >= 11 is 11.4. The number of carbonyl (C=O) groups is 2. The normalized spacial score (nSPS) is 26.0. The third-order valence-electron chi connectivity index (χ3n) is 7.75. The van der Waals surface area contributed by atoms with Crippen LogP contribution in [0.1, 0.15) is 32.1 Å². The van der Waals surface area contributed by atoms with Crippen molar-refractivity contribution in [2.75, 3.05) is 26.4 Å². The molecule has 3 aliphatic carbocycles. The molecule has 1 heterocycles. The molecule has 2 aromatic carbocycles. The molecular formula is C27H29Cl2F2N3O5. The molecule has 3 N–H and O–H groups in total. The Kier molecular flexibility index (Phi) is 8.19. The third-order valence-corrected chi connectivity index (χ3v) is 8.36. The number of nitrogens with one attached hydrogen (secondary N) is 3. The highest BCUT2D eigenvalue weighted by atomic mass is 35.5. The fraction of sp³-hybridized carbons (Fsp3) is 0.481. The highest BCUT2D eigenvalue weighted by Crippen LogP contribution is 2.47. The highest BCUT2D eigenvalue weighted by Gasteiger charge is 2.56. The average Bonchev–Trinajstić information content (AvgIpc) is 2.88. The van der Waals surface area contributed by atoms with Crippen LogP contribution in [0.25, 0.3) is 0 Å². The maximum Gasteiger partial charge on any atom is 0.258 e. The van der Waals surface area contributed by atoms with Crippen LogP contribution in [0.2, 0.25) is 10.0 Å². The second-order valence-electron chi connectivity index (χ2n) is 10.4. The zero-order valence-electron chi connectivity index (χ0n) is 21.0. The van der Waals surface area contributed by atoms with Gasteiger partial charge in [-0.25, -0.2) is 8.78 Å². The first-order valence-corrected chi connectivity index (χ1v) is 13.5. The van der Waals surface area contributed by atoms with Crippen molar-refractivity contribution in [1.29, 1.82) is 0 Å². The van der Waals surface area contributed by atoms with Crippen molar-refractivity contribution in [3.63, 3.8) is 0 Å². The number of carbonyl (C=O) groups excluding carboxylic acids is 2. The molecular weight excluding hydrogens is 555 g/mol. The molecule has 3 saturated carbocycles. The van der Waals surface area contributed by atoms with Crippen molar-refractivity contribution in [3.8, 4) is 11.5 Å². The zero-order chi connectivity index (χ0) is 27.6. The van der Waals surface area contributed by atoms with E-state index in [4.69, 9.17) is 37.4 Å². The van der Waals surface area contributed by atoms with Crippen molar-refractivity contribution in [3.05, 3.63) is 58.1 Å². The third kappa shape index (κ3) is 6.40. The van der Waals surface area contributed by atoms with Gasteiger partial charge in [0.2, 0.25) is 0 Å². The number of amides is 2. The molecule has 210 valence electrons. The summed E-state index contributed by atoms with van der Waals surface area (Å²) in [5.74, 6) is -1.44. The second-order valence-corrected chi connectivity index (χ2v) is 11.2. The Morgan fingerprint density at radius 2 is 1.41 bits per heavy atom. The molecule has 39 heavy (non-hydrogen) atoms. The fourth-order valence-corrected chi connectivity index (χ4v) is 5.85. The first-order valence-electron chi connectivity index (χ1n) is 12.8. The lowest BCUT2D eigenvalue weighted by Crippen LogP contribution is -2.75. The van der Waals surface area contributed by atoms with Crippen LogP contribution in [-0.2, 0) is 14.3 Å². The zero-order valence-corrected chi connectivity index (χ0v) is 22.5. The monoisotopic (exact) mass is 583 g/mol. The lowest BCUT2D eigenvalue weighted by atomic mass is 9.58. The molecule has 4 aliphatic rings. The van der Waals surface area contributed by atoms with Crippen molar-refractivity contribution < 1.29 is 32.6 Å². The molecule has 2 bridgehead atoms. The van der Waals surface area contributed by atoms with E-state index >= 15 is 0 Å². The molecule has 1 unspecified atom stereocenters. The lowest BCUT2D eigenvalue weighted by Gasteiger charge is -2.59. The molecule has 2 amide bonds. The first kappa shape index (κ1) is 27.9. The number of fused-ring (bicyclic) bond motifs is 3. The van der Waals surface area contributed by atoms with Gasteiger partial charge in [0, 0.05) is 23.7 Å². The van der Waals surface area contributed by atoms with E-state index in [2.05, 4.69) is 16.0 Å². The minimum absolute atomic E-state index is 0.0217. The van der Waals surface area contributed by atoms with Gasteiger partial charge in [0.1, 0.15) is 23.1 Å². The van der Waals surface area contributed by atoms with Gasteiger partial charge in [0.15, 0.2) is 13.2 Å². The summed E-state index contributed by atoms with van der Waals surface area (Å²) in [5.41, 5.74) is -0.983. The van der Waals surface area contributed by atoms with E-state index in [0.29, 0.717) is 45.3 Å².